The first kappa shape index (κ1) is 4.81. The SMILES string of the molecule is C[P+](=S)Cl. The Bertz CT molecular complexity index is 31.0. The van der Waals surface area contributed by atoms with Crippen LogP contribution in [0.3, 0.4) is 0 Å². The standard InChI is InChI=1S/CH3ClPS/c1-3(2)4/h1H3/q+1. The van der Waals surface area contributed by atoms with Gasteiger partial charge in [-0.05, 0) is 0 Å². The summed E-state index contributed by atoms with van der Waals surface area (Å²) in [6.07, 6.45) is 0. The third kappa shape index (κ3) is 14.0. The van der Waals surface area contributed by atoms with E-state index in [1.807, 2.05) is 6.66 Å². The van der Waals surface area contributed by atoms with Crippen molar-refractivity contribution < 1.29 is 0 Å². The van der Waals surface area contributed by atoms with Crippen LogP contribution in [0, 0.1) is 0 Å². The Balaban J connectivity index is 2.80. The Hall–Kier alpha value is 0.810. The van der Waals surface area contributed by atoms with E-state index in [1.165, 1.54) is 0 Å². The molecular formula is CH3ClPS+. The van der Waals surface area contributed by atoms with Crippen LogP contribution in [0.15, 0.2) is 0 Å². The molecule has 0 aliphatic carbocycles. The fourth-order valence-electron chi connectivity index (χ4n) is 0. The van der Waals surface area contributed by atoms with Gasteiger partial charge in [-0.1, -0.05) is 0 Å². The van der Waals surface area contributed by atoms with Crippen molar-refractivity contribution in [2.75, 3.05) is 6.66 Å². The van der Waals surface area contributed by atoms with Gasteiger partial charge in [-0.25, -0.2) is 0 Å². The van der Waals surface area contributed by atoms with Gasteiger partial charge in [0.05, 0.1) is 0 Å². The molecule has 24 valence electrons. The number of hydrogen-bond acceptors (Lipinski definition) is 1. The van der Waals surface area contributed by atoms with Crippen LogP contribution in [0.25, 0.3) is 0 Å². The molecule has 0 nitrogen and oxygen atoms in total. The summed E-state index contributed by atoms with van der Waals surface area (Å²) < 4.78 is 0. The van der Waals surface area contributed by atoms with Crippen molar-refractivity contribution in [3.8, 4) is 0 Å². The second kappa shape index (κ2) is 2.07. The average molecular weight is 114 g/mol. The number of halogens is 1. The van der Waals surface area contributed by atoms with E-state index in [4.69, 9.17) is 11.2 Å². The zero-order valence-corrected chi connectivity index (χ0v) is 4.70. The Kier molecular flexibility index (Phi) is 2.49. The molecule has 0 heterocycles. The molecule has 0 spiro atoms. The summed E-state index contributed by atoms with van der Waals surface area (Å²) in [6, 6.07) is -0.565. The maximum absolute atomic E-state index is 5.15. The molecule has 0 aliphatic rings. The van der Waals surface area contributed by atoms with Crippen molar-refractivity contribution in [3.05, 3.63) is 0 Å². The highest BCUT2D eigenvalue weighted by atomic mass is 35.7. The Morgan fingerprint density at radius 1 is 2.00 bits per heavy atom. The number of rotatable bonds is 0. The fraction of sp³-hybridized carbons (Fsp3) is 1.00. The normalized spacial score (nSPS) is 11.0. The van der Waals surface area contributed by atoms with Crippen LogP contribution in [-0.2, 0) is 11.8 Å². The predicted molar refractivity (Wildman–Crippen MR) is 26.1 cm³/mol. The highest BCUT2D eigenvalue weighted by Gasteiger charge is 1.80. The summed E-state index contributed by atoms with van der Waals surface area (Å²) in [6.45, 7) is 1.81. The molecular weight excluding hydrogens is 111 g/mol. The maximum Gasteiger partial charge on any atom is 0.285 e. The van der Waals surface area contributed by atoms with E-state index in [2.05, 4.69) is 11.8 Å². The summed E-state index contributed by atoms with van der Waals surface area (Å²) in [7, 11) is 0. The first-order valence-electron chi connectivity index (χ1n) is 0.799. The van der Waals surface area contributed by atoms with Crippen molar-refractivity contribution in [2.45, 2.75) is 0 Å². The van der Waals surface area contributed by atoms with Gasteiger partial charge >= 0.3 is 0 Å². The molecule has 0 aromatic heterocycles. The molecule has 1 unspecified atom stereocenters. The van der Waals surface area contributed by atoms with E-state index >= 15 is 0 Å². The zero-order chi connectivity index (χ0) is 3.58. The smallest absolute Gasteiger partial charge is 0.126 e. The van der Waals surface area contributed by atoms with Crippen molar-refractivity contribution in [1.29, 1.82) is 0 Å². The maximum atomic E-state index is 5.15. The molecule has 0 aromatic carbocycles. The molecule has 0 saturated heterocycles. The van der Waals surface area contributed by atoms with E-state index < -0.39 is 6.05 Å². The lowest BCUT2D eigenvalue weighted by Gasteiger charge is -1.36. The molecule has 1 atom stereocenters. The molecule has 0 rings (SSSR count). The van der Waals surface area contributed by atoms with E-state index in [-0.39, 0.29) is 0 Å². The van der Waals surface area contributed by atoms with Crippen molar-refractivity contribution in [3.63, 3.8) is 0 Å². The van der Waals surface area contributed by atoms with E-state index in [9.17, 15) is 0 Å². The molecule has 0 N–H and O–H groups in total. The van der Waals surface area contributed by atoms with Crippen LogP contribution in [0.2, 0.25) is 0 Å². The topological polar surface area (TPSA) is 0 Å². The summed E-state index contributed by atoms with van der Waals surface area (Å²) in [5, 5.41) is 0. The summed E-state index contributed by atoms with van der Waals surface area (Å²) in [5.41, 5.74) is 0. The minimum atomic E-state index is -0.565. The van der Waals surface area contributed by atoms with Crippen molar-refractivity contribution >= 4 is 29.1 Å². The second-order valence-electron chi connectivity index (χ2n) is 0.421. The summed E-state index contributed by atoms with van der Waals surface area (Å²) in [4.78, 5) is 0. The summed E-state index contributed by atoms with van der Waals surface area (Å²) in [5.74, 6) is 0. The molecule has 0 fully saturated rings. The monoisotopic (exact) mass is 113 g/mol. The van der Waals surface area contributed by atoms with Gasteiger partial charge in [0.2, 0.25) is 0 Å². The van der Waals surface area contributed by atoms with Gasteiger partial charge in [0.15, 0.2) is 23.0 Å². The average Bonchev–Trinajstić information content (AvgIpc) is 0.811. The predicted octanol–water partition coefficient (Wildman–Crippen LogP) is 1.71. The van der Waals surface area contributed by atoms with E-state index in [0.717, 1.165) is 0 Å². The third-order valence-electron chi connectivity index (χ3n) is 0. The lowest BCUT2D eigenvalue weighted by molar-refractivity contribution is 2.50. The van der Waals surface area contributed by atoms with Gasteiger partial charge in [-0.3, -0.25) is 0 Å². The van der Waals surface area contributed by atoms with Crippen LogP contribution < -0.4 is 0 Å². The largest absolute Gasteiger partial charge is 0.285 e. The zero-order valence-electron chi connectivity index (χ0n) is 2.23. The molecule has 0 aromatic rings. The minimum absolute atomic E-state index is 0.565. The lowest BCUT2D eigenvalue weighted by atomic mass is 12.0. The van der Waals surface area contributed by atoms with Gasteiger partial charge in [0, 0.05) is 0 Å². The highest BCUT2D eigenvalue weighted by molar-refractivity contribution is 8.16. The summed E-state index contributed by atoms with van der Waals surface area (Å²) >= 11 is 9.60. The van der Waals surface area contributed by atoms with Crippen LogP contribution in [0.1, 0.15) is 0 Å². The molecule has 0 amide bonds. The van der Waals surface area contributed by atoms with Gasteiger partial charge in [0.25, 0.3) is 6.05 Å². The molecule has 3 heteroatoms. The van der Waals surface area contributed by atoms with Gasteiger partial charge < -0.3 is 0 Å². The third-order valence-corrected chi connectivity index (χ3v) is 0. The Labute approximate surface area is 36.4 Å². The minimum Gasteiger partial charge on any atom is 0.126 e. The van der Waals surface area contributed by atoms with Crippen molar-refractivity contribution in [1.82, 2.24) is 0 Å². The van der Waals surface area contributed by atoms with E-state index in [1.54, 1.807) is 0 Å². The van der Waals surface area contributed by atoms with Crippen LogP contribution in [-0.4, -0.2) is 6.66 Å². The van der Waals surface area contributed by atoms with Gasteiger partial charge in [0.1, 0.15) is 6.66 Å². The first-order chi connectivity index (χ1) is 1.73. The Morgan fingerprint density at radius 2 is 2.00 bits per heavy atom. The van der Waals surface area contributed by atoms with Gasteiger partial charge in [-0.2, -0.15) is 0 Å². The van der Waals surface area contributed by atoms with Crippen LogP contribution in [0.4, 0.5) is 0 Å². The van der Waals surface area contributed by atoms with Gasteiger partial charge in [-0.15, -0.1) is 0 Å². The fourth-order valence-corrected chi connectivity index (χ4v) is 0. The molecule has 0 radical (unpaired) electrons. The first-order valence-corrected chi connectivity index (χ1v) is 4.51. The Morgan fingerprint density at radius 3 is 2.00 bits per heavy atom. The molecule has 4 heavy (non-hydrogen) atoms. The molecule has 0 aliphatic heterocycles. The highest BCUT2D eigenvalue weighted by Crippen LogP contribution is 2.18. The molecule has 0 bridgehead atoms. The second-order valence-corrected chi connectivity index (χ2v) is 5.03. The van der Waals surface area contributed by atoms with E-state index in [0.29, 0.717) is 0 Å². The lowest BCUT2D eigenvalue weighted by Crippen LogP contribution is -1.16. The van der Waals surface area contributed by atoms with Crippen LogP contribution >= 0.6 is 17.3 Å². The number of hydrogen-bond donors (Lipinski definition) is 0. The molecule has 0 saturated carbocycles. The van der Waals surface area contributed by atoms with Crippen LogP contribution in [0.5, 0.6) is 0 Å². The van der Waals surface area contributed by atoms with Crippen molar-refractivity contribution in [2.24, 2.45) is 0 Å². The quantitative estimate of drug-likeness (QED) is 0.431.